The van der Waals surface area contributed by atoms with Gasteiger partial charge in [0.05, 0.1) is 17.9 Å². The highest BCUT2D eigenvalue weighted by atomic mass is 15.3. The standard InChI is InChI=1S/C12H22N4/c1-2-13-12(11-9-14-16-15-11)10-7-5-3-4-6-8-10/h9-10,12-13H,2-8H2,1H3,(H,14,15,16). The van der Waals surface area contributed by atoms with Gasteiger partial charge in [-0.2, -0.15) is 15.4 Å². The number of nitrogens with zero attached hydrogens (tertiary/aromatic N) is 2. The van der Waals surface area contributed by atoms with Gasteiger partial charge in [0, 0.05) is 0 Å². The molecule has 2 N–H and O–H groups in total. The van der Waals surface area contributed by atoms with Crippen molar-refractivity contribution in [2.75, 3.05) is 6.54 Å². The molecule has 0 amide bonds. The van der Waals surface area contributed by atoms with Crippen molar-refractivity contribution in [3.05, 3.63) is 11.9 Å². The average Bonchev–Trinajstić information content (AvgIpc) is 2.69. The van der Waals surface area contributed by atoms with Gasteiger partial charge in [0.2, 0.25) is 0 Å². The van der Waals surface area contributed by atoms with E-state index >= 15 is 0 Å². The molecule has 1 unspecified atom stereocenters. The van der Waals surface area contributed by atoms with E-state index in [1.807, 2.05) is 6.20 Å². The molecule has 1 heterocycles. The first-order chi connectivity index (χ1) is 7.92. The van der Waals surface area contributed by atoms with Crippen LogP contribution >= 0.6 is 0 Å². The van der Waals surface area contributed by atoms with Crippen LogP contribution in [0.3, 0.4) is 0 Å². The fraction of sp³-hybridized carbons (Fsp3) is 0.833. The lowest BCUT2D eigenvalue weighted by Crippen LogP contribution is -2.28. The molecular formula is C12H22N4. The number of hydrogen-bond donors (Lipinski definition) is 2. The molecule has 1 fully saturated rings. The van der Waals surface area contributed by atoms with E-state index in [2.05, 4.69) is 27.7 Å². The smallest absolute Gasteiger partial charge is 0.0996 e. The highest BCUT2D eigenvalue weighted by Gasteiger charge is 2.25. The van der Waals surface area contributed by atoms with Crippen molar-refractivity contribution in [1.82, 2.24) is 20.7 Å². The fourth-order valence-corrected chi connectivity index (χ4v) is 2.74. The van der Waals surface area contributed by atoms with Gasteiger partial charge in [-0.25, -0.2) is 0 Å². The molecule has 4 nitrogen and oxygen atoms in total. The third-order valence-electron chi connectivity index (χ3n) is 3.55. The normalized spacial score (nSPS) is 20.6. The van der Waals surface area contributed by atoms with Gasteiger partial charge >= 0.3 is 0 Å². The Balaban J connectivity index is 2.05. The molecule has 1 atom stereocenters. The Hall–Kier alpha value is -0.900. The van der Waals surface area contributed by atoms with E-state index < -0.39 is 0 Å². The molecule has 1 aromatic heterocycles. The van der Waals surface area contributed by atoms with Crippen molar-refractivity contribution < 1.29 is 0 Å². The third kappa shape index (κ3) is 2.82. The summed E-state index contributed by atoms with van der Waals surface area (Å²) in [6.07, 6.45) is 10.0. The Labute approximate surface area is 97.2 Å². The predicted octanol–water partition coefficient (Wildman–Crippen LogP) is 2.43. The molecule has 4 heteroatoms. The largest absolute Gasteiger partial charge is 0.309 e. The van der Waals surface area contributed by atoms with Crippen molar-refractivity contribution in [2.45, 2.75) is 51.5 Å². The summed E-state index contributed by atoms with van der Waals surface area (Å²) in [6, 6.07) is 0.391. The van der Waals surface area contributed by atoms with E-state index in [-0.39, 0.29) is 0 Å². The van der Waals surface area contributed by atoms with Crippen LogP contribution in [0.1, 0.15) is 57.2 Å². The van der Waals surface area contributed by atoms with Gasteiger partial charge in [-0.3, -0.25) is 0 Å². The molecule has 0 aromatic carbocycles. The highest BCUT2D eigenvalue weighted by Crippen LogP contribution is 2.32. The van der Waals surface area contributed by atoms with E-state index in [0.29, 0.717) is 6.04 Å². The number of aromatic nitrogens is 3. The SMILES string of the molecule is CCNC(c1cn[nH]n1)C1CCCCCC1. The monoisotopic (exact) mass is 222 g/mol. The summed E-state index contributed by atoms with van der Waals surface area (Å²) in [5.74, 6) is 0.729. The van der Waals surface area contributed by atoms with Gasteiger partial charge in [-0.05, 0) is 25.3 Å². The molecule has 1 aromatic rings. The van der Waals surface area contributed by atoms with E-state index in [0.717, 1.165) is 18.2 Å². The predicted molar refractivity (Wildman–Crippen MR) is 64.0 cm³/mol. The van der Waals surface area contributed by atoms with Crippen LogP contribution < -0.4 is 5.32 Å². The molecule has 90 valence electrons. The summed E-state index contributed by atoms with van der Waals surface area (Å²) in [5, 5.41) is 14.5. The maximum absolute atomic E-state index is 4.24. The quantitative estimate of drug-likeness (QED) is 0.769. The zero-order chi connectivity index (χ0) is 11.2. The Morgan fingerprint density at radius 2 is 2.12 bits per heavy atom. The summed E-state index contributed by atoms with van der Waals surface area (Å²) >= 11 is 0. The molecule has 1 saturated carbocycles. The van der Waals surface area contributed by atoms with Gasteiger partial charge in [0.1, 0.15) is 0 Å². The van der Waals surface area contributed by atoms with Crippen LogP contribution in [-0.4, -0.2) is 22.0 Å². The highest BCUT2D eigenvalue weighted by molar-refractivity contribution is 5.02. The van der Waals surface area contributed by atoms with Crippen molar-refractivity contribution in [1.29, 1.82) is 0 Å². The summed E-state index contributed by atoms with van der Waals surface area (Å²) in [6.45, 7) is 3.15. The minimum atomic E-state index is 0.391. The number of H-pyrrole nitrogens is 1. The maximum atomic E-state index is 4.24. The second kappa shape index (κ2) is 5.99. The minimum Gasteiger partial charge on any atom is -0.309 e. The van der Waals surface area contributed by atoms with E-state index in [9.17, 15) is 0 Å². The topological polar surface area (TPSA) is 53.6 Å². The summed E-state index contributed by atoms with van der Waals surface area (Å²) in [4.78, 5) is 0. The Morgan fingerprint density at radius 1 is 1.38 bits per heavy atom. The second-order valence-corrected chi connectivity index (χ2v) is 4.68. The number of nitrogens with one attached hydrogen (secondary N) is 2. The summed E-state index contributed by atoms with van der Waals surface area (Å²) in [5.41, 5.74) is 1.08. The fourth-order valence-electron chi connectivity index (χ4n) is 2.74. The summed E-state index contributed by atoms with van der Waals surface area (Å²) in [7, 11) is 0. The lowest BCUT2D eigenvalue weighted by molar-refractivity contribution is 0.324. The first-order valence-corrected chi connectivity index (χ1v) is 6.51. The van der Waals surface area contributed by atoms with Crippen LogP contribution in [0.15, 0.2) is 6.20 Å². The molecular weight excluding hydrogens is 200 g/mol. The van der Waals surface area contributed by atoms with Crippen molar-refractivity contribution in [3.63, 3.8) is 0 Å². The lowest BCUT2D eigenvalue weighted by atomic mass is 9.90. The van der Waals surface area contributed by atoms with Crippen molar-refractivity contribution in [3.8, 4) is 0 Å². The van der Waals surface area contributed by atoms with Crippen LogP contribution in [-0.2, 0) is 0 Å². The van der Waals surface area contributed by atoms with Crippen molar-refractivity contribution >= 4 is 0 Å². The van der Waals surface area contributed by atoms with Crippen LogP contribution in [0.4, 0.5) is 0 Å². The molecule has 1 aliphatic carbocycles. The summed E-state index contributed by atoms with van der Waals surface area (Å²) < 4.78 is 0. The third-order valence-corrected chi connectivity index (χ3v) is 3.55. The average molecular weight is 222 g/mol. The molecule has 0 saturated heterocycles. The lowest BCUT2D eigenvalue weighted by Gasteiger charge is -2.24. The van der Waals surface area contributed by atoms with E-state index in [1.165, 1.54) is 38.5 Å². The zero-order valence-corrected chi connectivity index (χ0v) is 10.1. The molecule has 0 radical (unpaired) electrons. The second-order valence-electron chi connectivity index (χ2n) is 4.68. The molecule has 0 aliphatic heterocycles. The number of hydrogen-bond acceptors (Lipinski definition) is 3. The number of rotatable bonds is 4. The molecule has 0 spiro atoms. The van der Waals surface area contributed by atoms with Crippen LogP contribution in [0, 0.1) is 5.92 Å². The maximum Gasteiger partial charge on any atom is 0.0996 e. The van der Waals surface area contributed by atoms with Crippen molar-refractivity contribution in [2.24, 2.45) is 5.92 Å². The Bertz CT molecular complexity index is 275. The Kier molecular flexibility index (Phi) is 4.34. The van der Waals surface area contributed by atoms with Gasteiger partial charge in [0.15, 0.2) is 0 Å². The molecule has 16 heavy (non-hydrogen) atoms. The molecule has 0 bridgehead atoms. The zero-order valence-electron chi connectivity index (χ0n) is 10.1. The van der Waals surface area contributed by atoms with E-state index in [1.54, 1.807) is 0 Å². The van der Waals surface area contributed by atoms with E-state index in [4.69, 9.17) is 0 Å². The van der Waals surface area contributed by atoms with Gasteiger partial charge in [0.25, 0.3) is 0 Å². The first kappa shape index (κ1) is 11.6. The van der Waals surface area contributed by atoms with Gasteiger partial charge < -0.3 is 5.32 Å². The minimum absolute atomic E-state index is 0.391. The van der Waals surface area contributed by atoms with Crippen LogP contribution in [0.2, 0.25) is 0 Å². The Morgan fingerprint density at radius 3 is 2.69 bits per heavy atom. The first-order valence-electron chi connectivity index (χ1n) is 6.51. The van der Waals surface area contributed by atoms with Gasteiger partial charge in [-0.1, -0.05) is 32.6 Å². The molecule has 2 rings (SSSR count). The van der Waals surface area contributed by atoms with Crippen LogP contribution in [0.25, 0.3) is 0 Å². The van der Waals surface area contributed by atoms with Crippen LogP contribution in [0.5, 0.6) is 0 Å². The van der Waals surface area contributed by atoms with Gasteiger partial charge in [-0.15, -0.1) is 0 Å². The molecule has 1 aliphatic rings. The number of aromatic amines is 1.